The largest absolute Gasteiger partial charge is 0.490 e. The third-order valence-electron chi connectivity index (χ3n) is 4.61. The van der Waals surface area contributed by atoms with Crippen molar-refractivity contribution in [1.29, 1.82) is 0 Å². The maximum atomic E-state index is 12.4. The van der Waals surface area contributed by atoms with Gasteiger partial charge in [0, 0.05) is 5.56 Å². The zero-order valence-corrected chi connectivity index (χ0v) is 20.7. The second-order valence-corrected chi connectivity index (χ2v) is 10.2. The van der Waals surface area contributed by atoms with E-state index in [4.69, 9.17) is 39.5 Å². The number of nitrogens with zero attached hydrogens (tertiary/aromatic N) is 1. The number of halogens is 3. The summed E-state index contributed by atoms with van der Waals surface area (Å²) in [7, 11) is -3.67. The van der Waals surface area contributed by atoms with Crippen molar-refractivity contribution in [2.24, 2.45) is 0 Å². The van der Waals surface area contributed by atoms with E-state index in [1.807, 2.05) is 6.07 Å². The number of carbonyl (C=O) groups is 1. The molecule has 10 heteroatoms. The zero-order valence-electron chi connectivity index (χ0n) is 17.6. The normalized spacial score (nSPS) is 11.2. The van der Waals surface area contributed by atoms with Crippen LogP contribution in [0.4, 0.5) is 5.69 Å². The molecule has 0 spiro atoms. The number of sulfonamides is 1. The molecular weight excluding hydrogens is 507 g/mol. The minimum Gasteiger partial charge on any atom is -0.490 e. The van der Waals surface area contributed by atoms with Gasteiger partial charge in [-0.25, -0.2) is 8.42 Å². The molecule has 174 valence electrons. The summed E-state index contributed by atoms with van der Waals surface area (Å²) in [6, 6.07) is 18.5. The fourth-order valence-electron chi connectivity index (χ4n) is 3.01. The fraction of sp³-hybridized carbons (Fsp3) is 0.174. The SMILES string of the molecule is CS(=O)(=O)N(Cc1ccc(C(=O)NCCOc2ccccc2Cl)cc1)c1c(Cl)cccc1Cl. The number of rotatable bonds is 9. The topological polar surface area (TPSA) is 75.7 Å². The number of para-hydroxylation sites is 2. The number of carbonyl (C=O) groups excluding carboxylic acids is 1. The predicted molar refractivity (Wildman–Crippen MR) is 133 cm³/mol. The number of hydrogen-bond donors (Lipinski definition) is 1. The van der Waals surface area contributed by atoms with Gasteiger partial charge in [-0.2, -0.15) is 0 Å². The molecule has 0 saturated carbocycles. The Hall–Kier alpha value is -2.45. The minimum atomic E-state index is -3.67. The Balaban J connectivity index is 1.62. The Kier molecular flexibility index (Phi) is 8.48. The van der Waals surface area contributed by atoms with Crippen LogP contribution in [0.15, 0.2) is 66.7 Å². The van der Waals surface area contributed by atoms with E-state index in [1.54, 1.807) is 60.7 Å². The van der Waals surface area contributed by atoms with Gasteiger partial charge in [0.15, 0.2) is 0 Å². The number of benzene rings is 3. The highest BCUT2D eigenvalue weighted by Gasteiger charge is 2.23. The van der Waals surface area contributed by atoms with Crippen LogP contribution in [0.25, 0.3) is 0 Å². The molecule has 0 unspecified atom stereocenters. The highest BCUT2D eigenvalue weighted by Crippen LogP contribution is 2.35. The Morgan fingerprint density at radius 3 is 2.12 bits per heavy atom. The molecule has 0 atom stereocenters. The third kappa shape index (κ3) is 6.77. The van der Waals surface area contributed by atoms with Crippen molar-refractivity contribution in [3.8, 4) is 5.75 Å². The molecule has 3 rings (SSSR count). The fourth-order valence-corrected chi connectivity index (χ4v) is 4.81. The van der Waals surface area contributed by atoms with Gasteiger partial charge < -0.3 is 10.1 Å². The van der Waals surface area contributed by atoms with E-state index in [0.29, 0.717) is 28.4 Å². The Bertz CT molecular complexity index is 1210. The third-order valence-corrected chi connectivity index (χ3v) is 6.65. The minimum absolute atomic E-state index is 0.00978. The lowest BCUT2D eigenvalue weighted by Gasteiger charge is -2.24. The quantitative estimate of drug-likeness (QED) is 0.377. The summed E-state index contributed by atoms with van der Waals surface area (Å²) >= 11 is 18.4. The monoisotopic (exact) mass is 526 g/mol. The Morgan fingerprint density at radius 2 is 1.52 bits per heavy atom. The van der Waals surface area contributed by atoms with E-state index < -0.39 is 10.0 Å². The summed E-state index contributed by atoms with van der Waals surface area (Å²) in [6.07, 6.45) is 1.08. The molecule has 0 aliphatic carbocycles. The van der Waals surface area contributed by atoms with Gasteiger partial charge in [0.25, 0.3) is 5.91 Å². The van der Waals surface area contributed by atoms with Crippen molar-refractivity contribution in [3.05, 3.63) is 92.9 Å². The highest BCUT2D eigenvalue weighted by atomic mass is 35.5. The predicted octanol–water partition coefficient (Wildman–Crippen LogP) is 5.42. The first-order chi connectivity index (χ1) is 15.7. The van der Waals surface area contributed by atoms with Gasteiger partial charge in [-0.05, 0) is 42.0 Å². The number of anilines is 1. The molecule has 33 heavy (non-hydrogen) atoms. The second-order valence-electron chi connectivity index (χ2n) is 7.07. The van der Waals surface area contributed by atoms with Crippen LogP contribution in [0.2, 0.25) is 15.1 Å². The molecule has 0 heterocycles. The van der Waals surface area contributed by atoms with Crippen LogP contribution in [-0.2, 0) is 16.6 Å². The zero-order chi connectivity index (χ0) is 24.0. The van der Waals surface area contributed by atoms with Crippen LogP contribution >= 0.6 is 34.8 Å². The van der Waals surface area contributed by atoms with E-state index in [0.717, 1.165) is 10.6 Å². The average Bonchev–Trinajstić information content (AvgIpc) is 2.76. The van der Waals surface area contributed by atoms with Gasteiger partial charge in [0.05, 0.1) is 40.1 Å². The lowest BCUT2D eigenvalue weighted by Crippen LogP contribution is -2.30. The number of amides is 1. The van der Waals surface area contributed by atoms with Crippen molar-refractivity contribution in [2.45, 2.75) is 6.54 Å². The molecule has 6 nitrogen and oxygen atoms in total. The molecule has 0 aromatic heterocycles. The molecule has 0 radical (unpaired) electrons. The summed E-state index contributed by atoms with van der Waals surface area (Å²) in [4.78, 5) is 12.4. The van der Waals surface area contributed by atoms with E-state index in [-0.39, 0.29) is 34.8 Å². The van der Waals surface area contributed by atoms with E-state index in [9.17, 15) is 13.2 Å². The smallest absolute Gasteiger partial charge is 0.251 e. The molecule has 3 aromatic rings. The maximum absolute atomic E-state index is 12.4. The molecule has 0 aliphatic heterocycles. The first-order valence-corrected chi connectivity index (χ1v) is 12.8. The maximum Gasteiger partial charge on any atom is 0.251 e. The Morgan fingerprint density at radius 1 is 0.909 bits per heavy atom. The Labute approximate surface area is 208 Å². The van der Waals surface area contributed by atoms with Crippen LogP contribution < -0.4 is 14.4 Å². The molecule has 0 aliphatic rings. The van der Waals surface area contributed by atoms with Crippen molar-refractivity contribution >= 4 is 56.4 Å². The van der Waals surface area contributed by atoms with Crippen molar-refractivity contribution in [3.63, 3.8) is 0 Å². The second kappa shape index (κ2) is 11.1. The van der Waals surface area contributed by atoms with Gasteiger partial charge in [-0.15, -0.1) is 0 Å². The first kappa shape index (κ1) is 25.2. The van der Waals surface area contributed by atoms with E-state index in [1.165, 1.54) is 0 Å². The van der Waals surface area contributed by atoms with Crippen molar-refractivity contribution in [2.75, 3.05) is 23.7 Å². The van der Waals surface area contributed by atoms with Crippen molar-refractivity contribution < 1.29 is 17.9 Å². The van der Waals surface area contributed by atoms with Crippen LogP contribution in [0, 0.1) is 0 Å². The molecule has 0 saturated heterocycles. The van der Waals surface area contributed by atoms with Gasteiger partial charge >= 0.3 is 0 Å². The molecule has 1 amide bonds. The van der Waals surface area contributed by atoms with E-state index >= 15 is 0 Å². The average molecular weight is 528 g/mol. The van der Waals surface area contributed by atoms with E-state index in [2.05, 4.69) is 5.32 Å². The van der Waals surface area contributed by atoms with Crippen molar-refractivity contribution in [1.82, 2.24) is 5.32 Å². The van der Waals surface area contributed by atoms with Crippen LogP contribution in [0.3, 0.4) is 0 Å². The van der Waals surface area contributed by atoms with Crippen LogP contribution in [0.5, 0.6) is 5.75 Å². The summed E-state index contributed by atoms with van der Waals surface area (Å²) in [5.41, 5.74) is 1.30. The van der Waals surface area contributed by atoms with Crippen LogP contribution in [0.1, 0.15) is 15.9 Å². The molecule has 3 aromatic carbocycles. The van der Waals surface area contributed by atoms with Gasteiger partial charge in [-0.1, -0.05) is 65.1 Å². The number of nitrogens with one attached hydrogen (secondary N) is 1. The molecular formula is C23H21Cl3N2O4S. The first-order valence-electron chi connectivity index (χ1n) is 9.83. The van der Waals surface area contributed by atoms with Gasteiger partial charge in [0.2, 0.25) is 10.0 Å². The standard InChI is InChI=1S/C23H21Cl3N2O4S/c1-33(30,31)28(22-19(25)6-4-7-20(22)26)15-16-9-11-17(12-10-16)23(29)27-13-14-32-21-8-3-2-5-18(21)24/h2-12H,13-15H2,1H3,(H,27,29). The lowest BCUT2D eigenvalue weighted by atomic mass is 10.1. The summed E-state index contributed by atoms with van der Waals surface area (Å²) in [5.74, 6) is 0.269. The highest BCUT2D eigenvalue weighted by molar-refractivity contribution is 7.92. The van der Waals surface area contributed by atoms with Gasteiger partial charge in [-0.3, -0.25) is 9.10 Å². The summed E-state index contributed by atoms with van der Waals surface area (Å²) < 4.78 is 31.5. The lowest BCUT2D eigenvalue weighted by molar-refractivity contribution is 0.0947. The summed E-state index contributed by atoms with van der Waals surface area (Å²) in [6.45, 7) is 0.560. The number of hydrogen-bond acceptors (Lipinski definition) is 4. The van der Waals surface area contributed by atoms with Gasteiger partial charge in [0.1, 0.15) is 12.4 Å². The number of ether oxygens (including phenoxy) is 1. The summed E-state index contributed by atoms with van der Waals surface area (Å²) in [5, 5.41) is 3.72. The molecule has 1 N–H and O–H groups in total. The molecule has 0 bridgehead atoms. The van der Waals surface area contributed by atoms with Crippen LogP contribution in [-0.4, -0.2) is 33.7 Å². The molecule has 0 fully saturated rings.